The summed E-state index contributed by atoms with van der Waals surface area (Å²) in [6.07, 6.45) is 5.54. The number of unbranched alkanes of at least 4 members (excludes halogenated alkanes) is 2. The van der Waals surface area contributed by atoms with E-state index in [1.807, 2.05) is 14.1 Å². The zero-order valence-corrected chi connectivity index (χ0v) is 12.8. The maximum atomic E-state index is 4.62. The Morgan fingerprint density at radius 1 is 1.30 bits per heavy atom. The van der Waals surface area contributed by atoms with Gasteiger partial charge in [-0.15, -0.1) is 0 Å². The van der Waals surface area contributed by atoms with Crippen molar-refractivity contribution in [3.05, 3.63) is 12.0 Å². The summed E-state index contributed by atoms with van der Waals surface area (Å²) in [5.41, 5.74) is 0.876. The molecule has 0 atom stereocenters. The maximum absolute atomic E-state index is 4.62. The number of aromatic nitrogens is 4. The minimum absolute atomic E-state index is 0.763. The molecule has 0 aliphatic heterocycles. The number of nitrogens with one attached hydrogen (secondary N) is 1. The third kappa shape index (κ3) is 3.25. The fraction of sp³-hybridized carbons (Fsp3) is 0.643. The van der Waals surface area contributed by atoms with Gasteiger partial charge < -0.3 is 5.32 Å². The monoisotopic (exact) mass is 276 g/mol. The summed E-state index contributed by atoms with van der Waals surface area (Å²) in [6, 6.07) is 0. The predicted molar refractivity (Wildman–Crippen MR) is 81.7 cm³/mol. The van der Waals surface area contributed by atoms with Crippen LogP contribution < -0.4 is 5.32 Å². The molecule has 0 unspecified atom stereocenters. The summed E-state index contributed by atoms with van der Waals surface area (Å²) in [5, 5.41) is 8.34. The quantitative estimate of drug-likeness (QED) is 0.784. The van der Waals surface area contributed by atoms with Crippen LogP contribution in [0.3, 0.4) is 0 Å². The molecule has 2 heterocycles. The lowest BCUT2D eigenvalue weighted by atomic mass is 10.2. The maximum Gasteiger partial charge on any atom is 0.163 e. The van der Waals surface area contributed by atoms with Crippen LogP contribution in [0.25, 0.3) is 11.0 Å². The first-order chi connectivity index (χ1) is 9.65. The van der Waals surface area contributed by atoms with Gasteiger partial charge >= 0.3 is 0 Å². The molecule has 0 bridgehead atoms. The van der Waals surface area contributed by atoms with Gasteiger partial charge in [0.2, 0.25) is 0 Å². The van der Waals surface area contributed by atoms with E-state index in [0.29, 0.717) is 0 Å². The summed E-state index contributed by atoms with van der Waals surface area (Å²) in [6.45, 7) is 4.06. The van der Waals surface area contributed by atoms with Crippen molar-refractivity contribution in [1.82, 2.24) is 24.6 Å². The fourth-order valence-electron chi connectivity index (χ4n) is 2.28. The summed E-state index contributed by atoms with van der Waals surface area (Å²) in [5.74, 6) is 1.68. The number of fused-ring (bicyclic) bond motifs is 1. The highest BCUT2D eigenvalue weighted by molar-refractivity contribution is 5.86. The highest BCUT2D eigenvalue weighted by atomic mass is 15.3. The molecule has 0 aliphatic carbocycles. The molecular formula is C14H24N6. The van der Waals surface area contributed by atoms with Gasteiger partial charge in [-0.05, 0) is 20.0 Å². The number of nitrogens with zero attached hydrogens (tertiary/aromatic N) is 5. The first-order valence-corrected chi connectivity index (χ1v) is 7.20. The van der Waals surface area contributed by atoms with E-state index >= 15 is 0 Å². The van der Waals surface area contributed by atoms with Gasteiger partial charge in [0, 0.05) is 14.1 Å². The van der Waals surface area contributed by atoms with Crippen molar-refractivity contribution in [2.45, 2.75) is 32.7 Å². The molecule has 0 radical (unpaired) electrons. The number of hydrogen-bond acceptors (Lipinski definition) is 5. The number of anilines is 1. The Labute approximate surface area is 120 Å². The molecule has 0 aromatic carbocycles. The molecule has 2 aromatic heterocycles. The smallest absolute Gasteiger partial charge is 0.163 e. The van der Waals surface area contributed by atoms with Crippen molar-refractivity contribution < 1.29 is 0 Å². The second-order valence-electron chi connectivity index (χ2n) is 5.19. The third-order valence-electron chi connectivity index (χ3n) is 3.43. The Bertz CT molecular complexity index is 562. The van der Waals surface area contributed by atoms with E-state index in [1.165, 1.54) is 19.3 Å². The Hall–Kier alpha value is -1.69. The van der Waals surface area contributed by atoms with Crippen LogP contribution >= 0.6 is 0 Å². The highest BCUT2D eigenvalue weighted by Crippen LogP contribution is 2.19. The van der Waals surface area contributed by atoms with Gasteiger partial charge in [-0.3, -0.25) is 9.58 Å². The number of rotatable bonds is 7. The largest absolute Gasteiger partial charge is 0.372 e. The predicted octanol–water partition coefficient (Wildman–Crippen LogP) is 2.03. The average Bonchev–Trinajstić information content (AvgIpc) is 2.80. The van der Waals surface area contributed by atoms with Crippen molar-refractivity contribution in [3.8, 4) is 0 Å². The number of hydrogen-bond donors (Lipinski definition) is 1. The van der Waals surface area contributed by atoms with Gasteiger partial charge in [0.1, 0.15) is 11.6 Å². The van der Waals surface area contributed by atoms with Gasteiger partial charge in [-0.25, -0.2) is 9.97 Å². The van der Waals surface area contributed by atoms with Crippen molar-refractivity contribution >= 4 is 16.9 Å². The molecule has 1 N–H and O–H groups in total. The van der Waals surface area contributed by atoms with Gasteiger partial charge in [0.15, 0.2) is 5.65 Å². The first kappa shape index (κ1) is 14.7. The SMILES string of the molecule is CCCCCN(C)Cc1nc(NC)c2cnn(C)c2n1. The summed E-state index contributed by atoms with van der Waals surface area (Å²) in [7, 11) is 5.90. The van der Waals surface area contributed by atoms with Crippen LogP contribution in [0.2, 0.25) is 0 Å². The van der Waals surface area contributed by atoms with Crippen LogP contribution in [0.5, 0.6) is 0 Å². The lowest BCUT2D eigenvalue weighted by Crippen LogP contribution is -2.21. The van der Waals surface area contributed by atoms with Crippen LogP contribution in [0.4, 0.5) is 5.82 Å². The molecular weight excluding hydrogens is 252 g/mol. The summed E-state index contributed by atoms with van der Waals surface area (Å²) in [4.78, 5) is 11.5. The topological polar surface area (TPSA) is 58.9 Å². The second-order valence-corrected chi connectivity index (χ2v) is 5.19. The summed E-state index contributed by atoms with van der Waals surface area (Å²) >= 11 is 0. The second kappa shape index (κ2) is 6.65. The van der Waals surface area contributed by atoms with Crippen LogP contribution in [0.1, 0.15) is 32.0 Å². The van der Waals surface area contributed by atoms with Gasteiger partial charge in [0.25, 0.3) is 0 Å². The fourth-order valence-corrected chi connectivity index (χ4v) is 2.28. The van der Waals surface area contributed by atoms with Gasteiger partial charge in [0.05, 0.1) is 18.1 Å². The lowest BCUT2D eigenvalue weighted by molar-refractivity contribution is 0.310. The van der Waals surface area contributed by atoms with Crippen LogP contribution in [-0.4, -0.2) is 45.3 Å². The zero-order valence-electron chi connectivity index (χ0n) is 12.8. The first-order valence-electron chi connectivity index (χ1n) is 7.20. The van der Waals surface area contributed by atoms with Crippen LogP contribution in [0.15, 0.2) is 6.20 Å². The molecule has 0 saturated heterocycles. The third-order valence-corrected chi connectivity index (χ3v) is 3.43. The molecule has 0 fully saturated rings. The molecule has 2 aromatic rings. The molecule has 0 spiro atoms. The molecule has 2 rings (SSSR count). The van der Waals surface area contributed by atoms with Gasteiger partial charge in [-0.2, -0.15) is 5.10 Å². The lowest BCUT2D eigenvalue weighted by Gasteiger charge is -2.16. The van der Waals surface area contributed by atoms with Crippen LogP contribution in [0, 0.1) is 0 Å². The minimum Gasteiger partial charge on any atom is -0.372 e. The molecule has 110 valence electrons. The van der Waals surface area contributed by atoms with E-state index in [0.717, 1.165) is 35.8 Å². The van der Waals surface area contributed by atoms with E-state index in [1.54, 1.807) is 10.9 Å². The van der Waals surface area contributed by atoms with Crippen molar-refractivity contribution in [2.24, 2.45) is 7.05 Å². The zero-order chi connectivity index (χ0) is 14.5. The molecule has 6 nitrogen and oxygen atoms in total. The van der Waals surface area contributed by atoms with Crippen molar-refractivity contribution in [1.29, 1.82) is 0 Å². The average molecular weight is 276 g/mol. The Balaban J connectivity index is 2.15. The number of aryl methyl sites for hydroxylation is 1. The molecule has 6 heteroatoms. The van der Waals surface area contributed by atoms with Crippen molar-refractivity contribution in [2.75, 3.05) is 26.0 Å². The van der Waals surface area contributed by atoms with E-state index in [9.17, 15) is 0 Å². The van der Waals surface area contributed by atoms with E-state index in [-0.39, 0.29) is 0 Å². The summed E-state index contributed by atoms with van der Waals surface area (Å²) < 4.78 is 1.79. The molecule has 0 aliphatic rings. The van der Waals surface area contributed by atoms with E-state index in [4.69, 9.17) is 0 Å². The Morgan fingerprint density at radius 3 is 2.80 bits per heavy atom. The van der Waals surface area contributed by atoms with Crippen molar-refractivity contribution in [3.63, 3.8) is 0 Å². The normalized spacial score (nSPS) is 11.4. The van der Waals surface area contributed by atoms with Gasteiger partial charge in [-0.1, -0.05) is 19.8 Å². The standard InChI is InChI=1S/C14H24N6/c1-5-6-7-8-19(3)10-12-17-13(15-2)11-9-16-20(4)14(11)18-12/h9H,5-8,10H2,1-4H3,(H,15,17,18). The molecule has 20 heavy (non-hydrogen) atoms. The Morgan fingerprint density at radius 2 is 2.10 bits per heavy atom. The van der Waals surface area contributed by atoms with E-state index in [2.05, 4.69) is 39.3 Å². The highest BCUT2D eigenvalue weighted by Gasteiger charge is 2.11. The van der Waals surface area contributed by atoms with E-state index < -0.39 is 0 Å². The molecule has 0 amide bonds. The minimum atomic E-state index is 0.763. The molecule has 0 saturated carbocycles. The van der Waals surface area contributed by atoms with Crippen LogP contribution in [-0.2, 0) is 13.6 Å². The Kier molecular flexibility index (Phi) is 4.89.